The Labute approximate surface area is 129 Å². The quantitative estimate of drug-likeness (QED) is 0.776. The summed E-state index contributed by atoms with van der Waals surface area (Å²) in [6, 6.07) is 20.2. The van der Waals surface area contributed by atoms with Gasteiger partial charge in [0.25, 0.3) is 0 Å². The van der Waals surface area contributed by atoms with Crippen molar-refractivity contribution in [2.75, 3.05) is 0 Å². The third-order valence-electron chi connectivity index (χ3n) is 4.26. The van der Waals surface area contributed by atoms with E-state index in [-0.39, 0.29) is 6.04 Å². The second-order valence-corrected chi connectivity index (χ2v) is 6.13. The number of rotatable bonds is 6. The van der Waals surface area contributed by atoms with E-state index in [2.05, 4.69) is 87.6 Å². The molecule has 0 aliphatic rings. The number of hydrogen-bond acceptors (Lipinski definition) is 1. The largest absolute Gasteiger partial charge is 0.303 e. The molecular weight excluding hydrogens is 254 g/mol. The van der Waals surface area contributed by atoms with Crippen molar-refractivity contribution in [3.63, 3.8) is 0 Å². The maximum absolute atomic E-state index is 3.88. The van der Waals surface area contributed by atoms with Crippen molar-refractivity contribution in [1.82, 2.24) is 5.32 Å². The first-order valence-electron chi connectivity index (χ1n) is 8.00. The number of hydrogen-bond donors (Lipinski definition) is 1. The number of benzene rings is 2. The lowest BCUT2D eigenvalue weighted by atomic mass is 9.92. The summed E-state index contributed by atoms with van der Waals surface area (Å²) in [5.41, 5.74) is 4.06. The van der Waals surface area contributed by atoms with Crippen LogP contribution >= 0.6 is 0 Å². The van der Waals surface area contributed by atoms with Crippen LogP contribution in [0.4, 0.5) is 0 Å². The molecule has 2 unspecified atom stereocenters. The third-order valence-corrected chi connectivity index (χ3v) is 4.26. The lowest BCUT2D eigenvalue weighted by molar-refractivity contribution is 0.364. The van der Waals surface area contributed by atoms with Gasteiger partial charge in [0, 0.05) is 6.04 Å². The summed E-state index contributed by atoms with van der Waals surface area (Å²) in [5, 5.41) is 3.88. The highest BCUT2D eigenvalue weighted by atomic mass is 15.0. The van der Waals surface area contributed by atoms with Gasteiger partial charge in [-0.2, -0.15) is 0 Å². The van der Waals surface area contributed by atoms with Gasteiger partial charge in [0.15, 0.2) is 0 Å². The maximum atomic E-state index is 3.88. The van der Waals surface area contributed by atoms with Crippen LogP contribution in [0.15, 0.2) is 54.6 Å². The van der Waals surface area contributed by atoms with Crippen molar-refractivity contribution >= 4 is 0 Å². The molecule has 0 saturated carbocycles. The van der Waals surface area contributed by atoms with Gasteiger partial charge in [-0.15, -0.1) is 0 Å². The van der Waals surface area contributed by atoms with Gasteiger partial charge >= 0.3 is 0 Å². The molecule has 1 N–H and O–H groups in total. The predicted octanol–water partition coefficient (Wildman–Crippen LogP) is 5.11. The summed E-state index contributed by atoms with van der Waals surface area (Å²) in [6.45, 7) is 9.04. The molecular formula is C20H27N. The first kappa shape index (κ1) is 15.8. The van der Waals surface area contributed by atoms with E-state index >= 15 is 0 Å². The predicted molar refractivity (Wildman–Crippen MR) is 91.5 cm³/mol. The molecule has 0 aromatic heterocycles. The molecule has 2 aromatic rings. The Hall–Kier alpha value is -1.60. The Morgan fingerprint density at radius 1 is 0.905 bits per heavy atom. The van der Waals surface area contributed by atoms with E-state index < -0.39 is 0 Å². The minimum atomic E-state index is 0.264. The summed E-state index contributed by atoms with van der Waals surface area (Å²) >= 11 is 0. The molecule has 0 aliphatic heterocycles. The van der Waals surface area contributed by atoms with Crippen molar-refractivity contribution in [2.24, 2.45) is 5.92 Å². The standard InChI is InChI=1S/C20H27N/c1-5-19(15(2)3)21-20(17-12-7-6-8-13-17)18-14-10-9-11-16(18)4/h6-15,19-21H,5H2,1-4H3. The summed E-state index contributed by atoms with van der Waals surface area (Å²) in [7, 11) is 0. The Bertz CT molecular complexity index is 545. The van der Waals surface area contributed by atoms with Crippen LogP contribution in [0, 0.1) is 12.8 Å². The molecule has 0 saturated heterocycles. The number of aryl methyl sites for hydroxylation is 1. The van der Waals surface area contributed by atoms with Crippen LogP contribution in [0.3, 0.4) is 0 Å². The van der Waals surface area contributed by atoms with Crippen molar-refractivity contribution in [3.8, 4) is 0 Å². The fourth-order valence-electron chi connectivity index (χ4n) is 2.92. The zero-order valence-corrected chi connectivity index (χ0v) is 13.6. The molecule has 21 heavy (non-hydrogen) atoms. The fourth-order valence-corrected chi connectivity index (χ4v) is 2.92. The first-order valence-corrected chi connectivity index (χ1v) is 8.00. The topological polar surface area (TPSA) is 12.0 Å². The highest BCUT2D eigenvalue weighted by molar-refractivity contribution is 5.36. The molecule has 0 spiro atoms. The van der Waals surface area contributed by atoms with Crippen molar-refractivity contribution in [3.05, 3.63) is 71.3 Å². The molecule has 0 aliphatic carbocycles. The number of nitrogens with one attached hydrogen (secondary N) is 1. The van der Waals surface area contributed by atoms with Crippen LogP contribution < -0.4 is 5.32 Å². The average molecular weight is 281 g/mol. The summed E-state index contributed by atoms with van der Waals surface area (Å²) in [6.07, 6.45) is 1.15. The maximum Gasteiger partial charge on any atom is 0.0581 e. The van der Waals surface area contributed by atoms with E-state index in [0.717, 1.165) is 6.42 Å². The van der Waals surface area contributed by atoms with E-state index in [9.17, 15) is 0 Å². The highest BCUT2D eigenvalue weighted by Gasteiger charge is 2.20. The molecule has 0 bridgehead atoms. The second kappa shape index (κ2) is 7.42. The highest BCUT2D eigenvalue weighted by Crippen LogP contribution is 2.26. The molecule has 0 heterocycles. The van der Waals surface area contributed by atoms with Gasteiger partial charge in [-0.05, 0) is 36.0 Å². The first-order chi connectivity index (χ1) is 10.1. The smallest absolute Gasteiger partial charge is 0.0581 e. The van der Waals surface area contributed by atoms with Crippen molar-refractivity contribution in [2.45, 2.75) is 46.2 Å². The second-order valence-electron chi connectivity index (χ2n) is 6.13. The third kappa shape index (κ3) is 3.95. The van der Waals surface area contributed by atoms with E-state index in [1.807, 2.05) is 0 Å². The van der Waals surface area contributed by atoms with Gasteiger partial charge < -0.3 is 5.32 Å². The van der Waals surface area contributed by atoms with Crippen LogP contribution in [0.2, 0.25) is 0 Å². The molecule has 0 amide bonds. The minimum Gasteiger partial charge on any atom is -0.303 e. The molecule has 0 fully saturated rings. The fraction of sp³-hybridized carbons (Fsp3) is 0.400. The minimum absolute atomic E-state index is 0.264. The summed E-state index contributed by atoms with van der Waals surface area (Å²) < 4.78 is 0. The van der Waals surface area contributed by atoms with E-state index in [4.69, 9.17) is 0 Å². The van der Waals surface area contributed by atoms with Gasteiger partial charge in [-0.3, -0.25) is 0 Å². The van der Waals surface area contributed by atoms with Gasteiger partial charge in [-0.1, -0.05) is 75.4 Å². The molecule has 2 atom stereocenters. The zero-order chi connectivity index (χ0) is 15.2. The van der Waals surface area contributed by atoms with Crippen molar-refractivity contribution in [1.29, 1.82) is 0 Å². The van der Waals surface area contributed by atoms with Crippen molar-refractivity contribution < 1.29 is 0 Å². The van der Waals surface area contributed by atoms with Gasteiger partial charge in [-0.25, -0.2) is 0 Å². The van der Waals surface area contributed by atoms with E-state index in [1.54, 1.807) is 0 Å². The normalized spacial score (nSPS) is 14.1. The molecule has 1 heteroatoms. The van der Waals surface area contributed by atoms with Gasteiger partial charge in [0.1, 0.15) is 0 Å². The van der Waals surface area contributed by atoms with Crippen LogP contribution in [0.5, 0.6) is 0 Å². The summed E-state index contributed by atoms with van der Waals surface area (Å²) in [5.74, 6) is 0.630. The Kier molecular flexibility index (Phi) is 5.58. The summed E-state index contributed by atoms with van der Waals surface area (Å²) in [4.78, 5) is 0. The monoisotopic (exact) mass is 281 g/mol. The van der Waals surface area contributed by atoms with Crippen LogP contribution in [-0.2, 0) is 0 Å². The zero-order valence-electron chi connectivity index (χ0n) is 13.6. The van der Waals surface area contributed by atoms with Crippen LogP contribution in [0.1, 0.15) is 49.9 Å². The molecule has 0 radical (unpaired) electrons. The SMILES string of the molecule is CCC(NC(c1ccccc1)c1ccccc1C)C(C)C. The van der Waals surface area contributed by atoms with E-state index in [1.165, 1.54) is 16.7 Å². The van der Waals surface area contributed by atoms with Gasteiger partial charge in [0.2, 0.25) is 0 Å². The Morgan fingerprint density at radius 2 is 1.52 bits per heavy atom. The molecule has 2 rings (SSSR count). The molecule has 1 nitrogen and oxygen atoms in total. The molecule has 2 aromatic carbocycles. The molecule has 112 valence electrons. The Balaban J connectivity index is 2.38. The van der Waals surface area contributed by atoms with Crippen LogP contribution in [-0.4, -0.2) is 6.04 Å². The van der Waals surface area contributed by atoms with E-state index in [0.29, 0.717) is 12.0 Å². The van der Waals surface area contributed by atoms with Gasteiger partial charge in [0.05, 0.1) is 6.04 Å². The van der Waals surface area contributed by atoms with Crippen LogP contribution in [0.25, 0.3) is 0 Å². The Morgan fingerprint density at radius 3 is 2.10 bits per heavy atom. The lowest BCUT2D eigenvalue weighted by Crippen LogP contribution is -2.37. The lowest BCUT2D eigenvalue weighted by Gasteiger charge is -2.29. The average Bonchev–Trinajstić information content (AvgIpc) is 2.50.